The maximum atomic E-state index is 12.9. The molecule has 8 nitrogen and oxygen atoms in total. The fraction of sp³-hybridized carbons (Fsp3) is 0.800. The SMILES string of the molecule is CCCCn1nnnc1CN1C(=O)N[C@@]2(CCCC[C@@H]2C)C1=O. The number of nitrogens with zero attached hydrogens (tertiary/aromatic N) is 5. The van der Waals surface area contributed by atoms with Gasteiger partial charge in [-0.25, -0.2) is 9.48 Å². The standard InChI is InChI=1S/C15H24N6O2/c1-3-4-9-21-12(17-18-19-21)10-20-13(22)15(16-14(20)23)8-6-5-7-11(15)2/h11H,3-10H2,1-2H3,(H,16,23)/t11-,15+/m0/s1. The zero-order chi connectivity index (χ0) is 16.4. The van der Waals surface area contributed by atoms with Crippen LogP contribution in [0, 0.1) is 5.92 Å². The Kier molecular flexibility index (Phi) is 4.32. The first-order valence-electron chi connectivity index (χ1n) is 8.47. The first-order valence-corrected chi connectivity index (χ1v) is 8.47. The molecule has 0 unspecified atom stereocenters. The molecule has 1 N–H and O–H groups in total. The molecule has 0 radical (unpaired) electrons. The van der Waals surface area contributed by atoms with E-state index in [-0.39, 0.29) is 24.4 Å². The van der Waals surface area contributed by atoms with E-state index in [1.165, 1.54) is 4.90 Å². The van der Waals surface area contributed by atoms with E-state index < -0.39 is 5.54 Å². The number of aromatic nitrogens is 4. The third kappa shape index (κ3) is 2.70. The fourth-order valence-electron chi connectivity index (χ4n) is 3.60. The Hall–Kier alpha value is -1.99. The number of amides is 3. The van der Waals surface area contributed by atoms with Crippen LogP contribution in [0.15, 0.2) is 0 Å². The topological polar surface area (TPSA) is 93.0 Å². The van der Waals surface area contributed by atoms with E-state index in [1.807, 2.05) is 6.92 Å². The number of imide groups is 1. The Labute approximate surface area is 135 Å². The highest BCUT2D eigenvalue weighted by Gasteiger charge is 2.55. The second-order valence-electron chi connectivity index (χ2n) is 6.61. The van der Waals surface area contributed by atoms with Crippen molar-refractivity contribution in [3.05, 3.63) is 5.82 Å². The van der Waals surface area contributed by atoms with Crippen molar-refractivity contribution >= 4 is 11.9 Å². The summed E-state index contributed by atoms with van der Waals surface area (Å²) in [6.07, 6.45) is 5.76. The lowest BCUT2D eigenvalue weighted by molar-refractivity contribution is -0.134. The van der Waals surface area contributed by atoms with Crippen molar-refractivity contribution < 1.29 is 9.59 Å². The highest BCUT2D eigenvalue weighted by atomic mass is 16.2. The van der Waals surface area contributed by atoms with Crippen LogP contribution in [0.4, 0.5) is 4.79 Å². The molecule has 0 aromatic carbocycles. The zero-order valence-corrected chi connectivity index (χ0v) is 13.8. The molecular formula is C15H24N6O2. The van der Waals surface area contributed by atoms with Gasteiger partial charge in [-0.2, -0.15) is 0 Å². The van der Waals surface area contributed by atoms with Gasteiger partial charge >= 0.3 is 6.03 Å². The molecule has 23 heavy (non-hydrogen) atoms. The van der Waals surface area contributed by atoms with E-state index in [1.54, 1.807) is 4.68 Å². The second kappa shape index (κ2) is 6.25. The third-order valence-corrected chi connectivity index (χ3v) is 5.13. The molecule has 3 rings (SSSR count). The highest BCUT2D eigenvalue weighted by Crippen LogP contribution is 2.38. The maximum Gasteiger partial charge on any atom is 0.325 e. The van der Waals surface area contributed by atoms with Crippen molar-refractivity contribution in [2.45, 2.75) is 71.0 Å². The number of hydrogen-bond acceptors (Lipinski definition) is 5. The Morgan fingerprint density at radius 1 is 1.35 bits per heavy atom. The average Bonchev–Trinajstić information content (AvgIpc) is 3.07. The summed E-state index contributed by atoms with van der Waals surface area (Å²) >= 11 is 0. The summed E-state index contributed by atoms with van der Waals surface area (Å²) in [7, 11) is 0. The minimum Gasteiger partial charge on any atom is -0.323 e. The van der Waals surface area contributed by atoms with E-state index in [9.17, 15) is 9.59 Å². The van der Waals surface area contributed by atoms with Gasteiger partial charge in [0.15, 0.2) is 5.82 Å². The van der Waals surface area contributed by atoms with Crippen LogP contribution in [0.25, 0.3) is 0 Å². The third-order valence-electron chi connectivity index (χ3n) is 5.13. The first-order chi connectivity index (χ1) is 11.1. The van der Waals surface area contributed by atoms with Crippen molar-refractivity contribution in [2.24, 2.45) is 5.92 Å². The fourth-order valence-corrected chi connectivity index (χ4v) is 3.60. The molecule has 126 valence electrons. The summed E-state index contributed by atoms with van der Waals surface area (Å²) in [5.41, 5.74) is -0.725. The number of rotatable bonds is 5. The van der Waals surface area contributed by atoms with Gasteiger partial charge in [-0.3, -0.25) is 9.69 Å². The Bertz CT molecular complexity index is 601. The number of urea groups is 1. The van der Waals surface area contributed by atoms with Crippen molar-refractivity contribution in [1.82, 2.24) is 30.4 Å². The van der Waals surface area contributed by atoms with Crippen LogP contribution in [0.2, 0.25) is 0 Å². The van der Waals surface area contributed by atoms with E-state index in [4.69, 9.17) is 0 Å². The molecule has 1 saturated carbocycles. The number of tetrazole rings is 1. The number of carbonyl (C=O) groups is 2. The van der Waals surface area contributed by atoms with Crippen molar-refractivity contribution in [1.29, 1.82) is 0 Å². The molecule has 3 amide bonds. The summed E-state index contributed by atoms with van der Waals surface area (Å²) in [4.78, 5) is 26.6. The lowest BCUT2D eigenvalue weighted by Gasteiger charge is -2.36. The summed E-state index contributed by atoms with van der Waals surface area (Å²) in [6, 6.07) is -0.325. The zero-order valence-electron chi connectivity index (χ0n) is 13.8. The number of carbonyl (C=O) groups excluding carboxylic acids is 2. The highest BCUT2D eigenvalue weighted by molar-refractivity contribution is 6.07. The maximum absolute atomic E-state index is 12.9. The molecule has 1 aromatic heterocycles. The van der Waals surface area contributed by atoms with Gasteiger partial charge in [0, 0.05) is 6.54 Å². The molecular weight excluding hydrogens is 296 g/mol. The molecule has 2 atom stereocenters. The van der Waals surface area contributed by atoms with Crippen molar-refractivity contribution in [3.8, 4) is 0 Å². The van der Waals surface area contributed by atoms with Crippen molar-refractivity contribution in [2.75, 3.05) is 0 Å². The molecule has 2 heterocycles. The monoisotopic (exact) mass is 320 g/mol. The van der Waals surface area contributed by atoms with Gasteiger partial charge in [-0.1, -0.05) is 33.1 Å². The largest absolute Gasteiger partial charge is 0.325 e. The average molecular weight is 320 g/mol. The summed E-state index contributed by atoms with van der Waals surface area (Å²) in [5.74, 6) is 0.594. The lowest BCUT2D eigenvalue weighted by Crippen LogP contribution is -2.53. The summed E-state index contributed by atoms with van der Waals surface area (Å²) in [6.45, 7) is 4.97. The lowest BCUT2D eigenvalue weighted by atomic mass is 9.73. The quantitative estimate of drug-likeness (QED) is 0.829. The first kappa shape index (κ1) is 15.9. The molecule has 8 heteroatoms. The van der Waals surface area contributed by atoms with Crippen LogP contribution in [0.5, 0.6) is 0 Å². The van der Waals surface area contributed by atoms with Crippen LogP contribution in [-0.2, 0) is 17.9 Å². The van der Waals surface area contributed by atoms with Crippen LogP contribution in [0.1, 0.15) is 58.2 Å². The van der Waals surface area contributed by atoms with Gasteiger partial charge < -0.3 is 5.32 Å². The predicted octanol–water partition coefficient (Wildman–Crippen LogP) is 1.47. The van der Waals surface area contributed by atoms with Gasteiger partial charge in [0.2, 0.25) is 0 Å². The van der Waals surface area contributed by atoms with Gasteiger partial charge in [0.1, 0.15) is 5.54 Å². The predicted molar refractivity (Wildman–Crippen MR) is 82.2 cm³/mol. The van der Waals surface area contributed by atoms with E-state index in [0.29, 0.717) is 12.4 Å². The Balaban J connectivity index is 1.77. The molecule has 2 aliphatic rings. The minimum atomic E-state index is -0.725. The van der Waals surface area contributed by atoms with Crippen LogP contribution < -0.4 is 5.32 Å². The van der Waals surface area contributed by atoms with Gasteiger partial charge in [0.05, 0.1) is 6.54 Å². The van der Waals surface area contributed by atoms with E-state index >= 15 is 0 Å². The molecule has 1 aromatic rings. The smallest absolute Gasteiger partial charge is 0.323 e. The summed E-state index contributed by atoms with van der Waals surface area (Å²) in [5, 5.41) is 14.6. The van der Waals surface area contributed by atoms with Gasteiger partial charge in [0.25, 0.3) is 5.91 Å². The number of aryl methyl sites for hydroxylation is 1. The molecule has 1 spiro atoms. The minimum absolute atomic E-state index is 0.125. The molecule has 1 aliphatic carbocycles. The van der Waals surface area contributed by atoms with Crippen LogP contribution >= 0.6 is 0 Å². The summed E-state index contributed by atoms with van der Waals surface area (Å²) < 4.78 is 1.68. The Morgan fingerprint density at radius 2 is 2.17 bits per heavy atom. The van der Waals surface area contributed by atoms with E-state index in [2.05, 4.69) is 27.8 Å². The normalized spacial score (nSPS) is 27.7. The molecule has 0 bridgehead atoms. The molecule has 2 fully saturated rings. The molecule has 1 saturated heterocycles. The van der Waals surface area contributed by atoms with Crippen LogP contribution in [0.3, 0.4) is 0 Å². The molecule has 1 aliphatic heterocycles. The van der Waals surface area contributed by atoms with E-state index in [0.717, 1.165) is 38.5 Å². The van der Waals surface area contributed by atoms with Crippen LogP contribution in [-0.4, -0.2) is 42.6 Å². The van der Waals surface area contributed by atoms with Gasteiger partial charge in [-0.15, -0.1) is 5.10 Å². The van der Waals surface area contributed by atoms with Crippen molar-refractivity contribution in [3.63, 3.8) is 0 Å². The number of hydrogen-bond donors (Lipinski definition) is 1. The number of unbranched alkanes of at least 4 members (excludes halogenated alkanes) is 1. The second-order valence-corrected chi connectivity index (χ2v) is 6.61. The Morgan fingerprint density at radius 3 is 2.91 bits per heavy atom. The number of nitrogens with one attached hydrogen (secondary N) is 1. The van der Waals surface area contributed by atoms with Gasteiger partial charge in [-0.05, 0) is 35.6 Å².